The molecule has 0 N–H and O–H groups in total. The summed E-state index contributed by atoms with van der Waals surface area (Å²) in [5.41, 5.74) is 0.551. The molecule has 0 saturated carbocycles. The number of para-hydroxylation sites is 1. The summed E-state index contributed by atoms with van der Waals surface area (Å²) in [6, 6.07) is 7.28. The van der Waals surface area contributed by atoms with Crippen molar-refractivity contribution in [1.29, 1.82) is 0 Å². The number of halogens is 1. The molecular formula is C12H11ClN4O. The van der Waals surface area contributed by atoms with Crippen LogP contribution in [0.25, 0.3) is 16.7 Å². The van der Waals surface area contributed by atoms with Crippen LogP contribution in [0.15, 0.2) is 35.4 Å². The SMILES string of the molecule is O=c1c2ccccc2nc2n(CCCCl)cnn12. The minimum Gasteiger partial charge on any atom is -0.299 e. The van der Waals surface area contributed by atoms with Crippen molar-refractivity contribution in [1.82, 2.24) is 19.2 Å². The number of aromatic nitrogens is 4. The molecule has 0 radical (unpaired) electrons. The summed E-state index contributed by atoms with van der Waals surface area (Å²) in [6.45, 7) is 0.706. The molecule has 2 heterocycles. The number of aryl methyl sites for hydroxylation is 1. The first-order chi connectivity index (χ1) is 8.81. The third-order valence-corrected chi connectivity index (χ3v) is 3.10. The summed E-state index contributed by atoms with van der Waals surface area (Å²) in [5, 5.41) is 4.66. The highest BCUT2D eigenvalue weighted by molar-refractivity contribution is 6.17. The first-order valence-corrected chi connectivity index (χ1v) is 6.23. The Morgan fingerprint density at radius 3 is 2.94 bits per heavy atom. The van der Waals surface area contributed by atoms with Crippen molar-refractivity contribution in [3.8, 4) is 0 Å². The molecule has 2 aromatic heterocycles. The van der Waals surface area contributed by atoms with Crippen LogP contribution in [0.2, 0.25) is 0 Å². The van der Waals surface area contributed by atoms with Crippen LogP contribution in [0, 0.1) is 0 Å². The van der Waals surface area contributed by atoms with E-state index >= 15 is 0 Å². The van der Waals surface area contributed by atoms with Crippen LogP contribution in [-0.4, -0.2) is 25.0 Å². The summed E-state index contributed by atoms with van der Waals surface area (Å²) < 4.78 is 3.17. The summed E-state index contributed by atoms with van der Waals surface area (Å²) >= 11 is 5.67. The summed E-state index contributed by atoms with van der Waals surface area (Å²) in [6.07, 6.45) is 2.44. The molecule has 0 aliphatic carbocycles. The third kappa shape index (κ3) is 1.67. The lowest BCUT2D eigenvalue weighted by atomic mass is 10.2. The molecule has 18 heavy (non-hydrogen) atoms. The minimum atomic E-state index is -0.139. The normalized spacial score (nSPS) is 11.4. The van der Waals surface area contributed by atoms with Crippen molar-refractivity contribution in [3.05, 3.63) is 40.9 Å². The van der Waals surface area contributed by atoms with E-state index in [0.717, 1.165) is 6.42 Å². The van der Waals surface area contributed by atoms with E-state index in [1.165, 1.54) is 4.52 Å². The molecule has 0 aliphatic heterocycles. The van der Waals surface area contributed by atoms with Crippen molar-refractivity contribution in [3.63, 3.8) is 0 Å². The van der Waals surface area contributed by atoms with Crippen LogP contribution in [-0.2, 0) is 6.54 Å². The molecule has 0 bridgehead atoms. The number of fused-ring (bicyclic) bond motifs is 2. The molecule has 3 rings (SSSR count). The van der Waals surface area contributed by atoms with Gasteiger partial charge in [0.25, 0.3) is 5.56 Å². The van der Waals surface area contributed by atoms with Gasteiger partial charge < -0.3 is 0 Å². The number of hydrogen-bond acceptors (Lipinski definition) is 3. The zero-order chi connectivity index (χ0) is 12.5. The highest BCUT2D eigenvalue weighted by atomic mass is 35.5. The van der Waals surface area contributed by atoms with E-state index in [4.69, 9.17) is 11.6 Å². The van der Waals surface area contributed by atoms with E-state index < -0.39 is 0 Å². The Morgan fingerprint density at radius 2 is 2.11 bits per heavy atom. The van der Waals surface area contributed by atoms with Gasteiger partial charge in [0.1, 0.15) is 6.33 Å². The fourth-order valence-corrected chi connectivity index (χ4v) is 2.07. The molecule has 0 spiro atoms. The topological polar surface area (TPSA) is 52.2 Å². The number of hydrogen-bond donors (Lipinski definition) is 0. The van der Waals surface area contributed by atoms with Crippen LogP contribution in [0.3, 0.4) is 0 Å². The van der Waals surface area contributed by atoms with Gasteiger partial charge in [-0.15, -0.1) is 11.6 Å². The largest absolute Gasteiger partial charge is 0.299 e. The maximum absolute atomic E-state index is 12.2. The average Bonchev–Trinajstić information content (AvgIpc) is 2.80. The van der Waals surface area contributed by atoms with Gasteiger partial charge in [-0.2, -0.15) is 9.61 Å². The van der Waals surface area contributed by atoms with Crippen LogP contribution >= 0.6 is 11.6 Å². The highest BCUT2D eigenvalue weighted by Crippen LogP contribution is 2.08. The van der Waals surface area contributed by atoms with E-state index in [9.17, 15) is 4.79 Å². The van der Waals surface area contributed by atoms with Gasteiger partial charge in [0.15, 0.2) is 0 Å². The monoisotopic (exact) mass is 262 g/mol. The molecule has 6 heteroatoms. The quantitative estimate of drug-likeness (QED) is 0.675. The fourth-order valence-electron chi connectivity index (χ4n) is 1.96. The fraction of sp³-hybridized carbons (Fsp3) is 0.250. The molecule has 0 unspecified atom stereocenters. The Hall–Kier alpha value is -1.88. The van der Waals surface area contributed by atoms with Crippen LogP contribution in [0.4, 0.5) is 0 Å². The van der Waals surface area contributed by atoms with Gasteiger partial charge in [-0.1, -0.05) is 12.1 Å². The van der Waals surface area contributed by atoms with Crippen molar-refractivity contribution in [2.24, 2.45) is 0 Å². The maximum atomic E-state index is 12.2. The molecule has 1 aromatic carbocycles. The predicted octanol–water partition coefficient (Wildman–Crippen LogP) is 1.67. The van der Waals surface area contributed by atoms with Crippen molar-refractivity contribution in [2.45, 2.75) is 13.0 Å². The lowest BCUT2D eigenvalue weighted by molar-refractivity contribution is 0.694. The molecule has 0 fully saturated rings. The smallest absolute Gasteiger partial charge is 0.283 e. The molecule has 3 aromatic rings. The summed E-state index contributed by atoms with van der Waals surface area (Å²) in [5.74, 6) is 1.13. The Kier molecular flexibility index (Phi) is 2.76. The van der Waals surface area contributed by atoms with E-state index in [2.05, 4.69) is 10.1 Å². The zero-order valence-corrected chi connectivity index (χ0v) is 10.3. The van der Waals surface area contributed by atoms with E-state index in [1.807, 2.05) is 22.8 Å². The van der Waals surface area contributed by atoms with Crippen molar-refractivity contribution in [2.75, 3.05) is 5.88 Å². The van der Waals surface area contributed by atoms with E-state index in [1.54, 1.807) is 12.4 Å². The molecule has 0 saturated heterocycles. The standard InChI is InChI=1S/C12H11ClN4O/c13-6-3-7-16-8-14-17-11(18)9-4-1-2-5-10(9)15-12(16)17/h1-2,4-5,8H,3,6-7H2. The van der Waals surface area contributed by atoms with E-state index in [-0.39, 0.29) is 5.56 Å². The van der Waals surface area contributed by atoms with Crippen LogP contribution in [0.5, 0.6) is 0 Å². The number of benzene rings is 1. The molecule has 0 amide bonds. The zero-order valence-electron chi connectivity index (χ0n) is 9.58. The Morgan fingerprint density at radius 1 is 1.28 bits per heavy atom. The molecular weight excluding hydrogens is 252 g/mol. The van der Waals surface area contributed by atoms with Crippen LogP contribution in [0.1, 0.15) is 6.42 Å². The lowest BCUT2D eigenvalue weighted by Gasteiger charge is -2.02. The highest BCUT2D eigenvalue weighted by Gasteiger charge is 2.09. The number of nitrogens with zero attached hydrogens (tertiary/aromatic N) is 4. The van der Waals surface area contributed by atoms with Crippen molar-refractivity contribution >= 4 is 28.3 Å². The number of alkyl halides is 1. The molecule has 0 aliphatic rings. The molecule has 5 nitrogen and oxygen atoms in total. The predicted molar refractivity (Wildman–Crippen MR) is 70.1 cm³/mol. The van der Waals surface area contributed by atoms with E-state index in [0.29, 0.717) is 29.1 Å². The Balaban J connectivity index is 2.29. The third-order valence-electron chi connectivity index (χ3n) is 2.83. The van der Waals surface area contributed by atoms with Gasteiger partial charge in [-0.25, -0.2) is 4.98 Å². The second-order valence-electron chi connectivity index (χ2n) is 4.01. The average molecular weight is 263 g/mol. The molecule has 92 valence electrons. The Labute approximate surface area is 108 Å². The first-order valence-electron chi connectivity index (χ1n) is 5.70. The van der Waals surface area contributed by atoms with Gasteiger partial charge in [-0.3, -0.25) is 9.36 Å². The maximum Gasteiger partial charge on any atom is 0.283 e. The second kappa shape index (κ2) is 4.42. The molecule has 0 atom stereocenters. The number of rotatable bonds is 3. The van der Waals surface area contributed by atoms with Gasteiger partial charge in [-0.05, 0) is 18.6 Å². The van der Waals surface area contributed by atoms with Crippen LogP contribution < -0.4 is 5.56 Å². The lowest BCUT2D eigenvalue weighted by Crippen LogP contribution is -2.16. The van der Waals surface area contributed by atoms with Gasteiger partial charge in [0.05, 0.1) is 10.9 Å². The van der Waals surface area contributed by atoms with Gasteiger partial charge in [0.2, 0.25) is 5.78 Å². The summed E-state index contributed by atoms with van der Waals surface area (Å²) in [7, 11) is 0. The minimum absolute atomic E-state index is 0.139. The Bertz CT molecular complexity index is 761. The second-order valence-corrected chi connectivity index (χ2v) is 4.39. The van der Waals surface area contributed by atoms with Gasteiger partial charge in [0, 0.05) is 12.4 Å². The van der Waals surface area contributed by atoms with Crippen molar-refractivity contribution < 1.29 is 0 Å². The van der Waals surface area contributed by atoms with Gasteiger partial charge >= 0.3 is 0 Å². The first kappa shape index (κ1) is 11.2. The summed E-state index contributed by atoms with van der Waals surface area (Å²) in [4.78, 5) is 16.7.